The number of hydrogen-bond acceptors (Lipinski definition) is 19. The lowest BCUT2D eigenvalue weighted by Crippen LogP contribution is -2.67. The summed E-state index contributed by atoms with van der Waals surface area (Å²) in [5.74, 6) is -2.11. The highest BCUT2D eigenvalue weighted by Crippen LogP contribution is 2.71. The fourth-order valence-corrected chi connectivity index (χ4v) is 16.0. The Bertz CT molecular complexity index is 2550. The molecule has 2 aromatic rings. The third-order valence-electron chi connectivity index (χ3n) is 19.7. The summed E-state index contributed by atoms with van der Waals surface area (Å²) in [4.78, 5) is 78.3. The smallest absolute Gasteiger partial charge is 0.338 e. The predicted octanol–water partition coefficient (Wildman–Crippen LogP) is 7.45. The van der Waals surface area contributed by atoms with Gasteiger partial charge in [0.1, 0.15) is 31.5 Å². The molecule has 0 aromatic heterocycles. The average Bonchev–Trinajstić information content (AvgIpc) is 3.96. The Morgan fingerprint density at radius 3 is 1.85 bits per heavy atom. The zero-order chi connectivity index (χ0) is 56.8. The number of aliphatic hydroxyl groups excluding tert-OH is 1. The number of aliphatic hydroxyl groups is 1. The maximum atomic E-state index is 14.2. The van der Waals surface area contributed by atoms with Gasteiger partial charge < -0.3 is 61.9 Å². The Balaban J connectivity index is 0.948. The van der Waals surface area contributed by atoms with Crippen LogP contribution in [-0.2, 0) is 76.0 Å². The van der Waals surface area contributed by atoms with Crippen molar-refractivity contribution in [3.05, 3.63) is 71.8 Å². The molecule has 80 heavy (non-hydrogen) atoms. The molecule has 0 bridgehead atoms. The maximum Gasteiger partial charge on any atom is 0.338 e. The number of esters is 6. The number of rotatable bonds is 14. The van der Waals surface area contributed by atoms with Crippen molar-refractivity contribution in [2.24, 2.45) is 52.3 Å². The first-order valence-electron chi connectivity index (χ1n) is 28.9. The first-order chi connectivity index (χ1) is 38.2. The fraction of sp³-hybridized carbons (Fsp3) is 0.705. The van der Waals surface area contributed by atoms with Gasteiger partial charge >= 0.3 is 35.8 Å². The van der Waals surface area contributed by atoms with Gasteiger partial charge in [-0.05, 0) is 128 Å². The lowest BCUT2D eigenvalue weighted by atomic mass is 9.44. The van der Waals surface area contributed by atoms with Gasteiger partial charge in [-0.15, -0.1) is 0 Å². The highest BCUT2D eigenvalue weighted by atomic mass is 16.8. The number of carbonyl (C=O) groups is 6. The van der Waals surface area contributed by atoms with Crippen LogP contribution in [0, 0.1) is 52.3 Å². The Labute approximate surface area is 467 Å². The molecule has 8 aliphatic rings. The zero-order valence-corrected chi connectivity index (χ0v) is 47.2. The number of benzene rings is 2. The summed E-state index contributed by atoms with van der Waals surface area (Å²) in [6.07, 6.45) is -6.57. The van der Waals surface area contributed by atoms with Gasteiger partial charge in [-0.1, -0.05) is 64.1 Å². The summed E-state index contributed by atoms with van der Waals surface area (Å²) >= 11 is 0. The van der Waals surface area contributed by atoms with E-state index in [1.165, 1.54) is 12.1 Å². The van der Waals surface area contributed by atoms with Gasteiger partial charge in [0.2, 0.25) is 0 Å². The standard InChI is InChI=1S/C61H80O19/c1-32-21-26-61(71-29-32)33(2)48-45(80-61)28-44-42-20-19-40-27-41(22-24-59(40,7)43(42)23-25-60(44,48)8)75-57-53(79-58-54(74-37(6)65)52(73-36(5)64)50(72-35(4)63)47(77-58)31-69-34(3)62)51(78-56(68)39-17-13-10-14-18-39)49(66)46(76-57)30-70-55(67)38-15-11-9-12-16-38/h9-18,32-33,40-54,57-58,66H,19-31H2,1-8H3/t32-,33-,40+,41-,42+,43-,44-,45-,46+,47+,48-,49-,50+,51-,52-,53+,54+,57+,58-,59-,60-,61+/m0/s1. The molecule has 19 nitrogen and oxygen atoms in total. The van der Waals surface area contributed by atoms with Crippen LogP contribution in [0.1, 0.15) is 140 Å². The van der Waals surface area contributed by atoms with Crippen LogP contribution in [0.2, 0.25) is 0 Å². The molecule has 10 rings (SSSR count). The summed E-state index contributed by atoms with van der Waals surface area (Å²) in [5, 5.41) is 12.4. The van der Waals surface area contributed by atoms with Crippen LogP contribution in [0.4, 0.5) is 0 Å². The summed E-state index contributed by atoms with van der Waals surface area (Å²) in [6.45, 7) is 13.8. The van der Waals surface area contributed by atoms with Crippen molar-refractivity contribution in [1.82, 2.24) is 0 Å². The Morgan fingerprint density at radius 2 is 1.20 bits per heavy atom. The topological polar surface area (TPSA) is 233 Å². The molecule has 0 unspecified atom stereocenters. The quantitative estimate of drug-likeness (QED) is 0.110. The van der Waals surface area contributed by atoms with E-state index in [0.29, 0.717) is 48.3 Å². The summed E-state index contributed by atoms with van der Waals surface area (Å²) in [7, 11) is 0. The van der Waals surface area contributed by atoms with Crippen LogP contribution in [-0.4, -0.2) is 140 Å². The first kappa shape index (κ1) is 58.2. The van der Waals surface area contributed by atoms with Crippen molar-refractivity contribution in [2.45, 2.75) is 199 Å². The van der Waals surface area contributed by atoms with Gasteiger partial charge in [0, 0.05) is 40.0 Å². The van der Waals surface area contributed by atoms with E-state index in [2.05, 4.69) is 27.7 Å². The minimum absolute atomic E-state index is 0.00785. The van der Waals surface area contributed by atoms with Crippen molar-refractivity contribution < 1.29 is 90.7 Å². The van der Waals surface area contributed by atoms with E-state index in [1.54, 1.807) is 48.5 Å². The minimum Gasteiger partial charge on any atom is -0.463 e. The van der Waals surface area contributed by atoms with E-state index in [1.807, 2.05) is 0 Å². The van der Waals surface area contributed by atoms with E-state index in [0.717, 1.165) is 85.7 Å². The molecule has 19 heteroatoms. The molecule has 1 spiro atoms. The van der Waals surface area contributed by atoms with E-state index >= 15 is 0 Å². The van der Waals surface area contributed by atoms with Gasteiger partial charge in [-0.25, -0.2) is 9.59 Å². The normalized spacial score (nSPS) is 41.8. The molecule has 4 aliphatic heterocycles. The SMILES string of the molecule is CC(=O)OC[C@H]1O[C@@H](O[C@H]2[C@H](O[C@H]3CC[C@@]4(C)[C@H](CC[C@@H]5[C@@H]4CC[C@]4(C)[C@@H]6[C@H](C[C@@H]54)O[C@]4(CC[C@H](C)CO4)[C@H]6C)C3)O[C@H](COC(=O)c3ccccc3)[C@H](O)[C@@H]2OC(=O)c2ccccc2)[C@H](OC(C)=O)[C@@H](OC(C)=O)[C@@H]1OC(C)=O. The summed E-state index contributed by atoms with van der Waals surface area (Å²) in [5.41, 5.74) is 0.548. The van der Waals surface area contributed by atoms with Gasteiger partial charge in [0.05, 0.1) is 29.9 Å². The molecule has 8 fully saturated rings. The molecule has 0 radical (unpaired) electrons. The molecule has 4 saturated heterocycles. The Kier molecular flexibility index (Phi) is 17.2. The second-order valence-electron chi connectivity index (χ2n) is 24.6. The van der Waals surface area contributed by atoms with Crippen LogP contribution in [0.3, 0.4) is 0 Å². The molecule has 2 aromatic carbocycles. The van der Waals surface area contributed by atoms with Crippen LogP contribution < -0.4 is 0 Å². The van der Waals surface area contributed by atoms with Crippen molar-refractivity contribution in [3.63, 3.8) is 0 Å². The van der Waals surface area contributed by atoms with Gasteiger partial charge in [0.25, 0.3) is 0 Å². The molecule has 4 heterocycles. The van der Waals surface area contributed by atoms with Gasteiger partial charge in [-0.2, -0.15) is 0 Å². The van der Waals surface area contributed by atoms with E-state index in [4.69, 9.17) is 56.8 Å². The van der Waals surface area contributed by atoms with Crippen LogP contribution in [0.5, 0.6) is 0 Å². The number of carbonyl (C=O) groups excluding carboxylic acids is 6. The Morgan fingerprint density at radius 1 is 0.588 bits per heavy atom. The van der Waals surface area contributed by atoms with Crippen molar-refractivity contribution in [3.8, 4) is 0 Å². The molecule has 4 aliphatic carbocycles. The molecular weight excluding hydrogens is 1040 g/mol. The van der Waals surface area contributed by atoms with Gasteiger partial charge in [0.15, 0.2) is 48.9 Å². The lowest BCUT2D eigenvalue weighted by molar-refractivity contribution is -0.373. The third-order valence-corrected chi connectivity index (χ3v) is 19.7. The van der Waals surface area contributed by atoms with Gasteiger partial charge in [-0.3, -0.25) is 19.2 Å². The molecule has 0 amide bonds. The third kappa shape index (κ3) is 11.5. The molecule has 438 valence electrons. The largest absolute Gasteiger partial charge is 0.463 e. The Hall–Kier alpha value is -5.02. The highest BCUT2D eigenvalue weighted by Gasteiger charge is 2.69. The summed E-state index contributed by atoms with van der Waals surface area (Å²) < 4.78 is 75.1. The molecule has 22 atom stereocenters. The van der Waals surface area contributed by atoms with Crippen molar-refractivity contribution in [1.29, 1.82) is 0 Å². The molecule has 4 saturated carbocycles. The second kappa shape index (κ2) is 23.7. The number of fused-ring (bicyclic) bond motifs is 7. The highest BCUT2D eigenvalue weighted by molar-refractivity contribution is 5.90. The fourth-order valence-electron chi connectivity index (χ4n) is 16.0. The summed E-state index contributed by atoms with van der Waals surface area (Å²) in [6, 6.07) is 16.4. The number of ether oxygens (including phenoxy) is 12. The van der Waals surface area contributed by atoms with Crippen LogP contribution in [0.25, 0.3) is 0 Å². The van der Waals surface area contributed by atoms with E-state index < -0.39 is 122 Å². The minimum atomic E-state index is -1.79. The monoisotopic (exact) mass is 1120 g/mol. The van der Waals surface area contributed by atoms with Crippen LogP contribution in [0.15, 0.2) is 60.7 Å². The van der Waals surface area contributed by atoms with E-state index in [9.17, 15) is 33.9 Å². The molecular formula is C61H80O19. The van der Waals surface area contributed by atoms with Crippen LogP contribution >= 0.6 is 0 Å². The van der Waals surface area contributed by atoms with E-state index in [-0.39, 0.29) is 34.0 Å². The zero-order valence-electron chi connectivity index (χ0n) is 47.2. The first-order valence-corrected chi connectivity index (χ1v) is 28.9. The lowest BCUT2D eigenvalue weighted by Gasteiger charge is -2.61. The number of hydrogen-bond donors (Lipinski definition) is 1. The van der Waals surface area contributed by atoms with Crippen molar-refractivity contribution in [2.75, 3.05) is 19.8 Å². The predicted molar refractivity (Wildman–Crippen MR) is 280 cm³/mol. The second-order valence-corrected chi connectivity index (χ2v) is 24.6. The molecule has 1 N–H and O–H groups in total. The average molecular weight is 1120 g/mol. The maximum absolute atomic E-state index is 14.2. The van der Waals surface area contributed by atoms with Crippen molar-refractivity contribution >= 4 is 35.8 Å².